The van der Waals surface area contributed by atoms with E-state index in [0.717, 1.165) is 25.5 Å². The predicted octanol–water partition coefficient (Wildman–Crippen LogP) is 2.52. The highest BCUT2D eigenvalue weighted by atomic mass is 19.4. The minimum Gasteiger partial charge on any atom is -0.310 e. The van der Waals surface area contributed by atoms with Crippen molar-refractivity contribution in [1.82, 2.24) is 10.3 Å². The van der Waals surface area contributed by atoms with Crippen LogP contribution < -0.4 is 5.32 Å². The fourth-order valence-electron chi connectivity index (χ4n) is 1.89. The number of alkyl halides is 3. The fraction of sp³-hybridized carbons (Fsp3) is 0.500. The normalized spacial score (nSPS) is 21.9. The minimum atomic E-state index is -4.29. The summed E-state index contributed by atoms with van der Waals surface area (Å²) in [4.78, 5) is 3.76. The van der Waals surface area contributed by atoms with Gasteiger partial charge < -0.3 is 5.32 Å². The zero-order valence-corrected chi connectivity index (χ0v) is 8.01. The number of nitrogens with zero attached hydrogens (tertiary/aromatic N) is 1. The third-order valence-electron chi connectivity index (χ3n) is 2.59. The standard InChI is InChI=1S/C10H11F3N2/c11-10(12,13)8-3-5-14-6-7(8)9-2-1-4-15-9/h3,5-6,9,15H,1-2,4H2/t9-/m0/s1. The van der Waals surface area contributed by atoms with E-state index in [9.17, 15) is 13.2 Å². The first kappa shape index (κ1) is 10.4. The summed E-state index contributed by atoms with van der Waals surface area (Å²) in [6.45, 7) is 0.775. The number of aromatic nitrogens is 1. The predicted molar refractivity (Wildman–Crippen MR) is 49.2 cm³/mol. The second kappa shape index (κ2) is 3.81. The Morgan fingerprint density at radius 3 is 2.80 bits per heavy atom. The first-order chi connectivity index (χ1) is 7.09. The second-order valence-corrected chi connectivity index (χ2v) is 3.61. The van der Waals surface area contributed by atoms with E-state index in [1.807, 2.05) is 0 Å². The molecule has 1 aliphatic rings. The maximum Gasteiger partial charge on any atom is 0.416 e. The highest BCUT2D eigenvalue weighted by molar-refractivity contribution is 5.29. The van der Waals surface area contributed by atoms with Crippen molar-refractivity contribution >= 4 is 0 Å². The Morgan fingerprint density at radius 2 is 2.20 bits per heavy atom. The summed E-state index contributed by atoms with van der Waals surface area (Å²) >= 11 is 0. The maximum absolute atomic E-state index is 12.6. The topological polar surface area (TPSA) is 24.9 Å². The molecule has 2 nitrogen and oxygen atoms in total. The summed E-state index contributed by atoms with van der Waals surface area (Å²) in [5, 5.41) is 3.05. The average molecular weight is 216 g/mol. The zero-order valence-electron chi connectivity index (χ0n) is 8.01. The number of pyridine rings is 1. The molecule has 1 aliphatic heterocycles. The number of halogens is 3. The van der Waals surface area contributed by atoms with E-state index in [4.69, 9.17) is 0 Å². The van der Waals surface area contributed by atoms with Gasteiger partial charge in [-0.15, -0.1) is 0 Å². The van der Waals surface area contributed by atoms with Crippen LogP contribution in [0.1, 0.15) is 30.0 Å². The summed E-state index contributed by atoms with van der Waals surface area (Å²) in [6.07, 6.45) is -0.138. The Morgan fingerprint density at radius 1 is 1.40 bits per heavy atom. The first-order valence-electron chi connectivity index (χ1n) is 4.83. The van der Waals surface area contributed by atoms with Crippen molar-refractivity contribution in [3.8, 4) is 0 Å². The van der Waals surface area contributed by atoms with Crippen LogP contribution in [0.5, 0.6) is 0 Å². The van der Waals surface area contributed by atoms with E-state index in [1.165, 1.54) is 12.4 Å². The summed E-state index contributed by atoms with van der Waals surface area (Å²) in [6, 6.07) is 0.838. The molecule has 2 rings (SSSR count). The van der Waals surface area contributed by atoms with Crippen LogP contribution in [0.3, 0.4) is 0 Å². The van der Waals surface area contributed by atoms with Crippen LogP contribution in [0.2, 0.25) is 0 Å². The van der Waals surface area contributed by atoms with Gasteiger partial charge in [0.15, 0.2) is 0 Å². The Labute approximate surface area is 85.5 Å². The van der Waals surface area contributed by atoms with Crippen LogP contribution in [0.15, 0.2) is 18.5 Å². The van der Waals surface area contributed by atoms with Crippen molar-refractivity contribution in [3.05, 3.63) is 29.6 Å². The van der Waals surface area contributed by atoms with Crippen molar-refractivity contribution in [2.24, 2.45) is 0 Å². The van der Waals surface area contributed by atoms with Gasteiger partial charge in [-0.05, 0) is 31.0 Å². The minimum absolute atomic E-state index is 0.199. The Hall–Kier alpha value is -1.10. The Balaban J connectivity index is 2.37. The molecule has 15 heavy (non-hydrogen) atoms. The van der Waals surface area contributed by atoms with Gasteiger partial charge in [0.25, 0.3) is 0 Å². The number of hydrogen-bond donors (Lipinski definition) is 1. The molecule has 1 saturated heterocycles. The highest BCUT2D eigenvalue weighted by Crippen LogP contribution is 2.36. The van der Waals surface area contributed by atoms with Crippen molar-refractivity contribution in [2.45, 2.75) is 25.1 Å². The third kappa shape index (κ3) is 2.12. The van der Waals surface area contributed by atoms with Crippen LogP contribution in [0.25, 0.3) is 0 Å². The lowest BCUT2D eigenvalue weighted by Gasteiger charge is -2.16. The smallest absolute Gasteiger partial charge is 0.310 e. The number of nitrogens with one attached hydrogen (secondary N) is 1. The Bertz CT molecular complexity index is 343. The van der Waals surface area contributed by atoms with Crippen molar-refractivity contribution < 1.29 is 13.2 Å². The summed E-state index contributed by atoms with van der Waals surface area (Å²) < 4.78 is 37.9. The SMILES string of the molecule is FC(F)(F)c1ccncc1[C@@H]1CCCN1. The zero-order chi connectivity index (χ0) is 10.9. The molecule has 0 radical (unpaired) electrons. The van der Waals surface area contributed by atoms with Crippen LogP contribution in [0.4, 0.5) is 13.2 Å². The summed E-state index contributed by atoms with van der Waals surface area (Å²) in [5.41, 5.74) is -0.306. The molecule has 5 heteroatoms. The van der Waals surface area contributed by atoms with Crippen molar-refractivity contribution in [3.63, 3.8) is 0 Å². The van der Waals surface area contributed by atoms with Gasteiger partial charge in [0.1, 0.15) is 0 Å². The molecule has 1 fully saturated rings. The van der Waals surface area contributed by atoms with E-state index in [2.05, 4.69) is 10.3 Å². The van der Waals surface area contributed by atoms with Crippen molar-refractivity contribution in [2.75, 3.05) is 6.54 Å². The lowest BCUT2D eigenvalue weighted by Crippen LogP contribution is -2.18. The molecule has 1 aromatic heterocycles. The van der Waals surface area contributed by atoms with Gasteiger partial charge in [0, 0.05) is 18.4 Å². The van der Waals surface area contributed by atoms with E-state index in [1.54, 1.807) is 0 Å². The number of hydrogen-bond acceptors (Lipinski definition) is 2. The summed E-state index contributed by atoms with van der Waals surface area (Å²) in [7, 11) is 0. The van der Waals surface area contributed by atoms with Crippen LogP contribution in [-0.4, -0.2) is 11.5 Å². The third-order valence-corrected chi connectivity index (χ3v) is 2.59. The lowest BCUT2D eigenvalue weighted by atomic mass is 10.0. The second-order valence-electron chi connectivity index (χ2n) is 3.61. The van der Waals surface area contributed by atoms with Crippen molar-refractivity contribution in [1.29, 1.82) is 0 Å². The molecular formula is C10H11F3N2. The van der Waals surface area contributed by atoms with Gasteiger partial charge in [-0.25, -0.2) is 0 Å². The molecule has 0 unspecified atom stereocenters. The molecule has 2 heterocycles. The van der Waals surface area contributed by atoms with E-state index in [0.29, 0.717) is 0 Å². The molecule has 1 N–H and O–H groups in total. The van der Waals surface area contributed by atoms with Crippen LogP contribution in [-0.2, 0) is 6.18 Å². The number of rotatable bonds is 1. The fourth-order valence-corrected chi connectivity index (χ4v) is 1.89. The quantitative estimate of drug-likeness (QED) is 0.780. The molecule has 0 saturated carbocycles. The maximum atomic E-state index is 12.6. The van der Waals surface area contributed by atoms with Gasteiger partial charge in [0.2, 0.25) is 0 Å². The van der Waals surface area contributed by atoms with Gasteiger partial charge in [-0.3, -0.25) is 4.98 Å². The lowest BCUT2D eigenvalue weighted by molar-refractivity contribution is -0.138. The van der Waals surface area contributed by atoms with E-state index < -0.39 is 11.7 Å². The van der Waals surface area contributed by atoms with Gasteiger partial charge in [-0.1, -0.05) is 0 Å². The molecule has 0 spiro atoms. The van der Waals surface area contributed by atoms with Gasteiger partial charge in [-0.2, -0.15) is 13.2 Å². The van der Waals surface area contributed by atoms with Crippen LogP contribution >= 0.6 is 0 Å². The first-order valence-corrected chi connectivity index (χ1v) is 4.83. The van der Waals surface area contributed by atoms with Gasteiger partial charge in [0.05, 0.1) is 5.56 Å². The van der Waals surface area contributed by atoms with Gasteiger partial charge >= 0.3 is 6.18 Å². The molecule has 1 aromatic rings. The average Bonchev–Trinajstić information content (AvgIpc) is 2.69. The molecule has 0 aliphatic carbocycles. The molecule has 0 bridgehead atoms. The van der Waals surface area contributed by atoms with Crippen LogP contribution in [0, 0.1) is 0 Å². The molecular weight excluding hydrogens is 205 g/mol. The van der Waals surface area contributed by atoms with E-state index >= 15 is 0 Å². The molecule has 82 valence electrons. The largest absolute Gasteiger partial charge is 0.416 e. The van der Waals surface area contributed by atoms with E-state index in [-0.39, 0.29) is 11.6 Å². The molecule has 0 aromatic carbocycles. The monoisotopic (exact) mass is 216 g/mol. The Kier molecular flexibility index (Phi) is 2.65. The highest BCUT2D eigenvalue weighted by Gasteiger charge is 2.35. The molecule has 0 amide bonds. The molecule has 1 atom stereocenters. The summed E-state index contributed by atoms with van der Waals surface area (Å²) in [5.74, 6) is 0.